The topological polar surface area (TPSA) is 83.8 Å². The number of benzene rings is 1. The third kappa shape index (κ3) is 3.33. The summed E-state index contributed by atoms with van der Waals surface area (Å²) in [7, 11) is -4.50. The number of hydrogen-bond donors (Lipinski definition) is 2. The standard InChI is InChI=1S/C18H22O5S.Na/c1-18-9-8-14-13-5-3-12(23-24(20,21)22)10-11(13)2-4-15(14)16(18)6-7-17(18)19;/h3-5,10,14,16-17,19H,2,6-9H2,1H3,(H,20,21,22);/t14-,16+,17?,18-;/m0./s1. The zero-order valence-electron chi connectivity index (χ0n) is 14.6. The average molecular weight is 373 g/mol. The molecule has 1 aromatic carbocycles. The summed E-state index contributed by atoms with van der Waals surface area (Å²) in [5.74, 6) is 0.926. The van der Waals surface area contributed by atoms with Crippen LogP contribution in [0.3, 0.4) is 0 Å². The van der Waals surface area contributed by atoms with E-state index in [1.54, 1.807) is 12.1 Å². The minimum absolute atomic E-state index is 0. The molecule has 2 fully saturated rings. The van der Waals surface area contributed by atoms with Crippen LogP contribution in [0.2, 0.25) is 0 Å². The number of allylic oxidation sites excluding steroid dienone is 2. The van der Waals surface area contributed by atoms with E-state index in [1.807, 2.05) is 6.07 Å². The Morgan fingerprint density at radius 2 is 2.00 bits per heavy atom. The van der Waals surface area contributed by atoms with E-state index in [1.165, 1.54) is 11.1 Å². The van der Waals surface area contributed by atoms with Crippen LogP contribution in [-0.2, 0) is 16.8 Å². The van der Waals surface area contributed by atoms with Crippen molar-refractivity contribution < 1.29 is 22.3 Å². The van der Waals surface area contributed by atoms with E-state index >= 15 is 0 Å². The van der Waals surface area contributed by atoms with Crippen molar-refractivity contribution in [2.75, 3.05) is 0 Å². The number of aliphatic hydroxyl groups is 1. The maximum Gasteiger partial charge on any atom is 0.446 e. The fraction of sp³-hybridized carbons (Fsp3) is 0.556. The molecule has 4 atom stereocenters. The second-order valence-electron chi connectivity index (χ2n) is 7.52. The second kappa shape index (κ2) is 6.66. The SMILES string of the molecule is C[C@]12CC[C@@H]3C(=CCc4cc(OS(=O)(=O)O)ccc43)[C@H]1CCC2O.[Na]. The van der Waals surface area contributed by atoms with E-state index in [0.717, 1.165) is 37.7 Å². The van der Waals surface area contributed by atoms with Gasteiger partial charge in [0.05, 0.1) is 6.10 Å². The largest absolute Gasteiger partial charge is 0.446 e. The van der Waals surface area contributed by atoms with Crippen molar-refractivity contribution in [2.24, 2.45) is 11.3 Å². The second-order valence-corrected chi connectivity index (χ2v) is 8.54. The number of aliphatic hydroxyl groups excluding tert-OH is 1. The molecule has 1 radical (unpaired) electrons. The molecule has 131 valence electrons. The summed E-state index contributed by atoms with van der Waals surface area (Å²) in [4.78, 5) is 0. The summed E-state index contributed by atoms with van der Waals surface area (Å²) < 4.78 is 35.2. The van der Waals surface area contributed by atoms with Gasteiger partial charge >= 0.3 is 10.4 Å². The summed E-state index contributed by atoms with van der Waals surface area (Å²) in [6.07, 6.45) is 6.69. The van der Waals surface area contributed by atoms with Gasteiger partial charge in [-0.05, 0) is 61.3 Å². The van der Waals surface area contributed by atoms with Gasteiger partial charge in [-0.3, -0.25) is 4.55 Å². The van der Waals surface area contributed by atoms with Gasteiger partial charge in [0.25, 0.3) is 0 Å². The van der Waals surface area contributed by atoms with Gasteiger partial charge in [-0.1, -0.05) is 24.6 Å². The minimum Gasteiger partial charge on any atom is -0.393 e. The number of hydrogen-bond acceptors (Lipinski definition) is 4. The van der Waals surface area contributed by atoms with Crippen molar-refractivity contribution in [3.63, 3.8) is 0 Å². The molecule has 2 saturated carbocycles. The van der Waals surface area contributed by atoms with Gasteiger partial charge in [0.2, 0.25) is 0 Å². The Balaban J connectivity index is 0.00000182. The van der Waals surface area contributed by atoms with Crippen LogP contribution in [-0.4, -0.2) is 53.7 Å². The maximum atomic E-state index is 10.9. The Bertz CT molecular complexity index is 819. The van der Waals surface area contributed by atoms with Crippen LogP contribution in [0.1, 0.15) is 49.7 Å². The molecule has 7 heteroatoms. The molecule has 0 aliphatic heterocycles. The van der Waals surface area contributed by atoms with Gasteiger partial charge < -0.3 is 9.29 Å². The Kier molecular flexibility index (Phi) is 5.17. The summed E-state index contributed by atoms with van der Waals surface area (Å²) in [6.45, 7) is 2.21. The molecule has 5 nitrogen and oxygen atoms in total. The van der Waals surface area contributed by atoms with Gasteiger partial charge in [0.15, 0.2) is 0 Å². The third-order valence-electron chi connectivity index (χ3n) is 6.31. The van der Waals surface area contributed by atoms with E-state index in [2.05, 4.69) is 17.2 Å². The first-order valence-electron chi connectivity index (χ1n) is 8.46. The first-order valence-corrected chi connectivity index (χ1v) is 9.82. The van der Waals surface area contributed by atoms with Crippen molar-refractivity contribution in [3.05, 3.63) is 41.0 Å². The van der Waals surface area contributed by atoms with Crippen LogP contribution >= 0.6 is 0 Å². The van der Waals surface area contributed by atoms with Crippen LogP contribution in [0, 0.1) is 11.3 Å². The predicted octanol–water partition coefficient (Wildman–Crippen LogP) is 2.62. The van der Waals surface area contributed by atoms with Gasteiger partial charge in [-0.25, -0.2) is 0 Å². The third-order valence-corrected chi connectivity index (χ3v) is 6.71. The molecule has 1 unspecified atom stereocenters. The fourth-order valence-electron chi connectivity index (χ4n) is 5.09. The van der Waals surface area contributed by atoms with Crippen molar-refractivity contribution in [3.8, 4) is 5.75 Å². The molecule has 4 rings (SSSR count). The smallest absolute Gasteiger partial charge is 0.393 e. The Labute approximate surface area is 170 Å². The molecule has 2 N–H and O–H groups in total. The normalized spacial score (nSPS) is 33.4. The summed E-state index contributed by atoms with van der Waals surface area (Å²) >= 11 is 0. The van der Waals surface area contributed by atoms with Crippen LogP contribution in [0.5, 0.6) is 5.75 Å². The summed E-state index contributed by atoms with van der Waals surface area (Å²) in [5, 5.41) is 10.4. The molecular formula is C18H22NaO5S. The van der Waals surface area contributed by atoms with Crippen molar-refractivity contribution in [1.29, 1.82) is 0 Å². The monoisotopic (exact) mass is 373 g/mol. The van der Waals surface area contributed by atoms with E-state index in [0.29, 0.717) is 11.8 Å². The number of rotatable bonds is 2. The quantitative estimate of drug-likeness (QED) is 0.473. The first-order chi connectivity index (χ1) is 11.3. The zero-order valence-corrected chi connectivity index (χ0v) is 17.4. The zero-order chi connectivity index (χ0) is 17.1. The fourth-order valence-corrected chi connectivity index (χ4v) is 5.44. The van der Waals surface area contributed by atoms with Gasteiger partial charge in [-0.15, -0.1) is 0 Å². The minimum atomic E-state index is -4.50. The van der Waals surface area contributed by atoms with Crippen molar-refractivity contribution >= 4 is 40.0 Å². The van der Waals surface area contributed by atoms with Crippen molar-refractivity contribution in [2.45, 2.75) is 51.0 Å². The molecule has 0 amide bonds. The van der Waals surface area contributed by atoms with E-state index < -0.39 is 10.4 Å². The van der Waals surface area contributed by atoms with E-state index in [4.69, 9.17) is 4.55 Å². The van der Waals surface area contributed by atoms with E-state index in [9.17, 15) is 13.5 Å². The Morgan fingerprint density at radius 1 is 1.24 bits per heavy atom. The van der Waals surface area contributed by atoms with Gasteiger partial charge in [0, 0.05) is 40.9 Å². The van der Waals surface area contributed by atoms with Crippen LogP contribution < -0.4 is 4.18 Å². The average Bonchev–Trinajstić information content (AvgIpc) is 2.81. The van der Waals surface area contributed by atoms with Crippen LogP contribution in [0.25, 0.3) is 0 Å². The molecule has 0 heterocycles. The van der Waals surface area contributed by atoms with Crippen molar-refractivity contribution in [1.82, 2.24) is 0 Å². The Hall–Kier alpha value is -0.370. The molecule has 0 bridgehead atoms. The summed E-state index contributed by atoms with van der Waals surface area (Å²) in [5.41, 5.74) is 3.70. The molecule has 0 saturated heterocycles. The van der Waals surface area contributed by atoms with Crippen LogP contribution in [0.4, 0.5) is 0 Å². The molecular weight excluding hydrogens is 351 g/mol. The number of fused-ring (bicyclic) bond motifs is 5. The molecule has 0 spiro atoms. The molecule has 3 aliphatic carbocycles. The van der Waals surface area contributed by atoms with Crippen LogP contribution in [0.15, 0.2) is 29.8 Å². The van der Waals surface area contributed by atoms with Gasteiger partial charge in [0.1, 0.15) is 5.75 Å². The molecule has 25 heavy (non-hydrogen) atoms. The van der Waals surface area contributed by atoms with E-state index in [-0.39, 0.29) is 46.8 Å². The summed E-state index contributed by atoms with van der Waals surface area (Å²) in [6, 6.07) is 5.22. The predicted molar refractivity (Wildman–Crippen MR) is 95.0 cm³/mol. The maximum absolute atomic E-state index is 10.9. The molecule has 0 aromatic heterocycles. The van der Waals surface area contributed by atoms with Gasteiger partial charge in [-0.2, -0.15) is 8.42 Å². The Morgan fingerprint density at radius 3 is 2.72 bits per heavy atom. The molecule has 1 aromatic rings. The molecule has 3 aliphatic rings. The first kappa shape index (κ1) is 19.4.